The Morgan fingerprint density at radius 3 is 0.568 bits per heavy atom. The fraction of sp³-hybridized carbons (Fsp3) is 0.181. The van der Waals surface area contributed by atoms with Crippen LogP contribution in [0.4, 0.5) is 0 Å². The van der Waals surface area contributed by atoms with E-state index in [1.54, 1.807) is 0 Å². The van der Waals surface area contributed by atoms with Gasteiger partial charge in [0, 0.05) is 82.7 Å². The van der Waals surface area contributed by atoms with E-state index in [0.717, 1.165) is 171 Å². The molecule has 0 saturated carbocycles. The monoisotopic (exact) mass is 1820 g/mol. The largest absolute Gasteiger partial charge is 0.489 e. The zero-order valence-electron chi connectivity index (χ0n) is 78.7. The summed E-state index contributed by atoms with van der Waals surface area (Å²) in [5.74, 6) is 6.02. The van der Waals surface area contributed by atoms with Crippen molar-refractivity contribution < 1.29 is 37.9 Å². The Hall–Kier alpha value is -15.3. The van der Waals surface area contributed by atoms with Crippen LogP contribution in [-0.4, -0.2) is 71.5 Å². The van der Waals surface area contributed by atoms with E-state index in [4.69, 9.17) is 37.9 Å². The van der Waals surface area contributed by atoms with E-state index in [0.29, 0.717) is 79.0 Å². The maximum absolute atomic E-state index is 6.97. The van der Waals surface area contributed by atoms with Gasteiger partial charge in [0.1, 0.15) is 98.9 Å². The van der Waals surface area contributed by atoms with Crippen LogP contribution < -0.4 is 37.9 Å². The van der Waals surface area contributed by atoms with Crippen molar-refractivity contribution in [3.63, 3.8) is 0 Å². The SMILES string of the molecule is CC1CN(Cc2cc(OCc3ccc4ccccc4c3)cc(OCc3ccc4ccccc4c3)c2)CCCN(Cc2cc(OCc3ccc4ccccc4c3)cc(OCc3ccc4ccccc4c3)c2)CCN(Cc2cc(OCc3ccc4ccccc4c3)cc(OCc3ccc4ccccc4c3)c2)CCCN1Cc1cc(OCc2ccc3ccccc3c2)cc(OCc2ccc3ccccc3c2)c1. The van der Waals surface area contributed by atoms with E-state index < -0.39 is 0 Å². The summed E-state index contributed by atoms with van der Waals surface area (Å²) in [6.45, 7) is 13.4. The Bertz CT molecular complexity index is 7300. The van der Waals surface area contributed by atoms with Gasteiger partial charge in [-0.3, -0.25) is 19.6 Å². The van der Waals surface area contributed by atoms with Crippen LogP contribution in [0.15, 0.2) is 413 Å². The van der Waals surface area contributed by atoms with Gasteiger partial charge in [-0.15, -0.1) is 0 Å². The summed E-state index contributed by atoms with van der Waals surface area (Å²) in [5.41, 5.74) is 13.1. The molecule has 0 radical (unpaired) electrons. The summed E-state index contributed by atoms with van der Waals surface area (Å²) in [6.07, 6.45) is 1.70. The first-order valence-electron chi connectivity index (χ1n) is 48.9. The van der Waals surface area contributed by atoms with E-state index >= 15 is 0 Å². The van der Waals surface area contributed by atoms with Gasteiger partial charge in [-0.2, -0.15) is 0 Å². The summed E-state index contributed by atoms with van der Waals surface area (Å²) in [6, 6.07) is 147. The van der Waals surface area contributed by atoms with Crippen molar-refractivity contribution in [1.82, 2.24) is 19.6 Å². The van der Waals surface area contributed by atoms with E-state index in [-0.39, 0.29) is 6.04 Å². The number of benzene rings is 20. The Labute approximate surface area is 814 Å². The van der Waals surface area contributed by atoms with Gasteiger partial charge in [-0.1, -0.05) is 291 Å². The third kappa shape index (κ3) is 23.9. The summed E-state index contributed by atoms with van der Waals surface area (Å²) < 4.78 is 55.7. The summed E-state index contributed by atoms with van der Waals surface area (Å²) >= 11 is 0. The molecule has 12 nitrogen and oxygen atoms in total. The van der Waals surface area contributed by atoms with Crippen LogP contribution >= 0.6 is 0 Å². The highest BCUT2D eigenvalue weighted by Gasteiger charge is 2.25. The Morgan fingerprint density at radius 2 is 0.353 bits per heavy atom. The van der Waals surface area contributed by atoms with Crippen LogP contribution in [0.2, 0.25) is 0 Å². The standard InChI is InChI=1S/C127H114N4O8/c1-91-78-130(81-102-70-124(136-87-96-40-48-108-24-6-14-32-116(108)62-96)76-125(71-102)137-88-97-41-49-109-25-7-15-33-117(109)63-97)54-18-52-128(79-100-66-120(132-83-92-36-44-104-20-2-10-28-112(104)58-92)74-121(67-100)133-84-93-37-45-105-21-3-11-29-113(105)59-93)56-57-129(80-101-68-122(134-85-94-38-46-106-22-4-12-30-114(106)60-94)75-123(69-101)135-86-95-39-47-107-23-5-13-31-115(107)61-95)53-19-55-131(91)82-103-72-126(138-89-98-42-50-110-26-8-16-34-118(110)64-98)77-127(73-103)139-90-99-43-51-111-27-9-17-35-119(111)65-99/h2-17,20-51,58-77,91H,18-19,52-57,78-90H2,1H3. The molecule has 139 heavy (non-hydrogen) atoms. The van der Waals surface area contributed by atoms with E-state index in [2.05, 4.69) is 439 Å². The number of rotatable bonds is 32. The second-order valence-corrected chi connectivity index (χ2v) is 37.3. The molecule has 690 valence electrons. The summed E-state index contributed by atoms with van der Waals surface area (Å²) in [5, 5.41) is 19.0. The third-order valence-electron chi connectivity index (χ3n) is 26.9. The van der Waals surface area contributed by atoms with Gasteiger partial charge in [0.15, 0.2) is 0 Å². The molecule has 0 bridgehead atoms. The first-order valence-corrected chi connectivity index (χ1v) is 48.9. The van der Waals surface area contributed by atoms with E-state index in [1.165, 1.54) is 86.2 Å². The van der Waals surface area contributed by atoms with Gasteiger partial charge in [0.25, 0.3) is 0 Å². The maximum Gasteiger partial charge on any atom is 0.123 e. The van der Waals surface area contributed by atoms with Crippen LogP contribution in [0.3, 0.4) is 0 Å². The van der Waals surface area contributed by atoms with Crippen molar-refractivity contribution in [3.8, 4) is 46.0 Å². The first-order chi connectivity index (χ1) is 68.5. The average Bonchev–Trinajstić information content (AvgIpc) is 0.841. The topological polar surface area (TPSA) is 86.8 Å². The van der Waals surface area contributed by atoms with E-state index in [9.17, 15) is 0 Å². The van der Waals surface area contributed by atoms with Crippen molar-refractivity contribution in [3.05, 3.63) is 479 Å². The highest BCUT2D eigenvalue weighted by atomic mass is 16.5. The Kier molecular flexibility index (Phi) is 28.2. The zero-order valence-corrected chi connectivity index (χ0v) is 78.7. The van der Waals surface area contributed by atoms with Crippen molar-refractivity contribution in [1.29, 1.82) is 0 Å². The molecule has 0 aliphatic carbocycles. The molecule has 0 aromatic heterocycles. The molecular weight excluding hydrogens is 1710 g/mol. The predicted molar refractivity (Wildman–Crippen MR) is 567 cm³/mol. The van der Waals surface area contributed by atoms with Crippen LogP contribution in [0.1, 0.15) is 86.5 Å². The third-order valence-corrected chi connectivity index (χ3v) is 26.9. The molecule has 1 fully saturated rings. The molecule has 1 unspecified atom stereocenters. The maximum atomic E-state index is 6.97. The molecule has 21 rings (SSSR count). The van der Waals surface area contributed by atoms with Crippen molar-refractivity contribution in [2.75, 3.05) is 45.8 Å². The van der Waals surface area contributed by atoms with Crippen LogP contribution in [0, 0.1) is 0 Å². The number of hydrogen-bond acceptors (Lipinski definition) is 12. The fourth-order valence-corrected chi connectivity index (χ4v) is 19.5. The van der Waals surface area contributed by atoms with Gasteiger partial charge >= 0.3 is 0 Å². The van der Waals surface area contributed by atoms with Crippen LogP contribution in [0.5, 0.6) is 46.0 Å². The lowest BCUT2D eigenvalue weighted by molar-refractivity contribution is 0.115. The van der Waals surface area contributed by atoms with E-state index in [1.807, 2.05) is 0 Å². The molecule has 20 aromatic rings. The average molecular weight is 1820 g/mol. The summed E-state index contributed by atoms with van der Waals surface area (Å²) in [4.78, 5) is 10.7. The predicted octanol–water partition coefficient (Wildman–Crippen LogP) is 29.0. The van der Waals surface area contributed by atoms with Crippen molar-refractivity contribution in [2.45, 2.75) is 105 Å². The molecule has 1 aliphatic rings. The molecule has 1 aliphatic heterocycles. The summed E-state index contributed by atoms with van der Waals surface area (Å²) in [7, 11) is 0. The number of nitrogens with zero attached hydrogens (tertiary/aromatic N) is 4. The zero-order chi connectivity index (χ0) is 93.3. The smallest absolute Gasteiger partial charge is 0.123 e. The lowest BCUT2D eigenvalue weighted by Crippen LogP contribution is -2.44. The van der Waals surface area contributed by atoms with Gasteiger partial charge in [-0.05, 0) is 289 Å². The van der Waals surface area contributed by atoms with Gasteiger partial charge in [0.05, 0.1) is 0 Å². The van der Waals surface area contributed by atoms with Crippen molar-refractivity contribution in [2.24, 2.45) is 0 Å². The minimum absolute atomic E-state index is 0.0247. The molecule has 0 N–H and O–H groups in total. The molecular formula is C127H114N4O8. The molecule has 1 saturated heterocycles. The fourth-order valence-electron chi connectivity index (χ4n) is 19.5. The minimum Gasteiger partial charge on any atom is -0.489 e. The molecule has 12 heteroatoms. The second-order valence-electron chi connectivity index (χ2n) is 37.3. The molecule has 0 spiro atoms. The quantitative estimate of drug-likeness (QED) is 0.0402. The highest BCUT2D eigenvalue weighted by Crippen LogP contribution is 2.36. The highest BCUT2D eigenvalue weighted by molar-refractivity contribution is 5.88. The van der Waals surface area contributed by atoms with Crippen molar-refractivity contribution >= 4 is 86.2 Å². The Morgan fingerprint density at radius 1 is 0.173 bits per heavy atom. The molecule has 1 heterocycles. The molecule has 20 aromatic carbocycles. The van der Waals surface area contributed by atoms with Gasteiger partial charge in [-0.25, -0.2) is 0 Å². The second kappa shape index (κ2) is 43.4. The van der Waals surface area contributed by atoms with Gasteiger partial charge in [0.2, 0.25) is 0 Å². The van der Waals surface area contributed by atoms with Crippen LogP contribution in [-0.2, 0) is 79.0 Å². The number of fused-ring (bicyclic) bond motifs is 8. The van der Waals surface area contributed by atoms with Crippen LogP contribution in [0.25, 0.3) is 86.2 Å². The normalized spacial score (nSPS) is 14.0. The number of hydrogen-bond donors (Lipinski definition) is 0. The molecule has 1 atom stereocenters. The lowest BCUT2D eigenvalue weighted by Gasteiger charge is -2.36. The lowest BCUT2D eigenvalue weighted by atomic mass is 10.1. The van der Waals surface area contributed by atoms with Gasteiger partial charge < -0.3 is 37.9 Å². The first kappa shape index (κ1) is 90.2. The number of ether oxygens (including phenoxy) is 8. The Balaban J connectivity index is 0.640. The molecule has 0 amide bonds. The minimum atomic E-state index is 0.0247.